The molecule has 0 fully saturated rings. The van der Waals surface area contributed by atoms with E-state index in [2.05, 4.69) is 4.90 Å². The van der Waals surface area contributed by atoms with Gasteiger partial charge in [0.05, 0.1) is 33.2 Å². The van der Waals surface area contributed by atoms with E-state index in [-0.39, 0.29) is 12.4 Å². The van der Waals surface area contributed by atoms with Crippen molar-refractivity contribution >= 4 is 0 Å². The number of aliphatic hydroxyl groups is 1. The maximum Gasteiger partial charge on any atom is 0.165 e. The molecule has 1 heterocycles. The Morgan fingerprint density at radius 1 is 1.00 bits per heavy atom. The highest BCUT2D eigenvalue weighted by Crippen LogP contribution is 2.31. The molecule has 1 N–H and O–H groups in total. The number of hydrogen-bond acceptors (Lipinski definition) is 6. The van der Waals surface area contributed by atoms with Gasteiger partial charge in [-0.2, -0.15) is 0 Å². The monoisotopic (exact) mass is 429 g/mol. The Kier molecular flexibility index (Phi) is 8.46. The molecular formula is C24H28FNO5. The van der Waals surface area contributed by atoms with E-state index in [0.717, 1.165) is 11.1 Å². The van der Waals surface area contributed by atoms with Crippen LogP contribution in [0.1, 0.15) is 16.9 Å². The largest absolute Gasteiger partial charge is 0.493 e. The number of para-hydroxylation sites is 1. The smallest absolute Gasteiger partial charge is 0.165 e. The lowest BCUT2D eigenvalue weighted by atomic mass is 10.1. The lowest BCUT2D eigenvalue weighted by Gasteiger charge is -2.26. The van der Waals surface area contributed by atoms with Crippen molar-refractivity contribution in [2.45, 2.75) is 25.8 Å². The molecule has 3 aromatic rings. The minimum Gasteiger partial charge on any atom is -0.493 e. The number of methoxy groups -OCH3 is 2. The number of halogens is 1. The Bertz CT molecular complexity index is 914. The van der Waals surface area contributed by atoms with Gasteiger partial charge in [-0.05, 0) is 35.9 Å². The van der Waals surface area contributed by atoms with Crippen LogP contribution in [0.4, 0.5) is 4.39 Å². The van der Waals surface area contributed by atoms with E-state index in [1.165, 1.54) is 12.1 Å². The molecule has 6 nitrogen and oxygen atoms in total. The van der Waals surface area contributed by atoms with Crippen LogP contribution in [0.2, 0.25) is 0 Å². The summed E-state index contributed by atoms with van der Waals surface area (Å²) in [6.45, 7) is 1.85. The fourth-order valence-corrected chi connectivity index (χ4v) is 3.39. The summed E-state index contributed by atoms with van der Waals surface area (Å²) >= 11 is 0. The zero-order valence-corrected chi connectivity index (χ0v) is 17.8. The van der Waals surface area contributed by atoms with Crippen LogP contribution in [0, 0.1) is 5.82 Å². The van der Waals surface area contributed by atoms with E-state index in [1.54, 1.807) is 38.7 Å². The first-order valence-electron chi connectivity index (χ1n) is 10.0. The molecule has 0 saturated carbocycles. The van der Waals surface area contributed by atoms with Crippen molar-refractivity contribution < 1.29 is 28.1 Å². The molecule has 3 rings (SSSR count). The van der Waals surface area contributed by atoms with Gasteiger partial charge in [0.15, 0.2) is 11.5 Å². The summed E-state index contributed by atoms with van der Waals surface area (Å²) in [7, 11) is 3.20. The Morgan fingerprint density at radius 2 is 1.81 bits per heavy atom. The van der Waals surface area contributed by atoms with E-state index in [1.807, 2.05) is 24.3 Å². The summed E-state index contributed by atoms with van der Waals surface area (Å²) in [5.74, 6) is 1.72. The number of ether oxygens (including phenoxy) is 3. The first-order chi connectivity index (χ1) is 15.1. The summed E-state index contributed by atoms with van der Waals surface area (Å²) < 4.78 is 35.1. The number of rotatable bonds is 12. The maximum atomic E-state index is 13.3. The third kappa shape index (κ3) is 6.82. The molecule has 7 heteroatoms. The predicted molar refractivity (Wildman–Crippen MR) is 114 cm³/mol. The molecule has 2 aromatic carbocycles. The molecule has 1 aromatic heterocycles. The molecular weight excluding hydrogens is 401 g/mol. The second-order valence-electron chi connectivity index (χ2n) is 7.20. The highest BCUT2D eigenvalue weighted by atomic mass is 19.1. The first kappa shape index (κ1) is 22.8. The molecule has 0 saturated heterocycles. The second-order valence-corrected chi connectivity index (χ2v) is 7.20. The van der Waals surface area contributed by atoms with Crippen molar-refractivity contribution in [2.75, 3.05) is 27.4 Å². The molecule has 166 valence electrons. The van der Waals surface area contributed by atoms with Gasteiger partial charge in [-0.15, -0.1) is 0 Å². The Hall–Kier alpha value is -2.87. The SMILES string of the molecule is COc1cccc(CN(Cc2ccc(F)cc2)C[C@@H](O)COCc2ccco2)c1OC. The van der Waals surface area contributed by atoms with Gasteiger partial charge in [0.1, 0.15) is 18.2 Å². The van der Waals surface area contributed by atoms with Crippen molar-refractivity contribution in [1.82, 2.24) is 4.90 Å². The number of hydrogen-bond donors (Lipinski definition) is 1. The minimum atomic E-state index is -0.716. The molecule has 31 heavy (non-hydrogen) atoms. The van der Waals surface area contributed by atoms with Crippen molar-refractivity contribution in [3.63, 3.8) is 0 Å². The van der Waals surface area contributed by atoms with Crippen LogP contribution >= 0.6 is 0 Å². The van der Waals surface area contributed by atoms with Crippen molar-refractivity contribution in [3.05, 3.63) is 83.6 Å². The van der Waals surface area contributed by atoms with Crippen molar-refractivity contribution in [3.8, 4) is 11.5 Å². The first-order valence-corrected chi connectivity index (χ1v) is 10.0. The molecule has 0 amide bonds. The quantitative estimate of drug-likeness (QED) is 0.469. The van der Waals surface area contributed by atoms with Crippen LogP contribution in [0.5, 0.6) is 11.5 Å². The van der Waals surface area contributed by atoms with Gasteiger partial charge in [-0.1, -0.05) is 24.3 Å². The lowest BCUT2D eigenvalue weighted by Crippen LogP contribution is -2.34. The highest BCUT2D eigenvalue weighted by Gasteiger charge is 2.17. The van der Waals surface area contributed by atoms with E-state index >= 15 is 0 Å². The molecule has 0 spiro atoms. The summed E-state index contributed by atoms with van der Waals surface area (Å²) in [5, 5.41) is 10.6. The number of benzene rings is 2. The average Bonchev–Trinajstić information content (AvgIpc) is 3.28. The van der Waals surface area contributed by atoms with Crippen LogP contribution in [0.15, 0.2) is 65.3 Å². The molecule has 0 aliphatic rings. The van der Waals surface area contributed by atoms with Gasteiger partial charge in [0.25, 0.3) is 0 Å². The van der Waals surface area contributed by atoms with Crippen molar-refractivity contribution in [2.24, 2.45) is 0 Å². The Balaban J connectivity index is 1.69. The maximum absolute atomic E-state index is 13.3. The fraction of sp³-hybridized carbons (Fsp3) is 0.333. The second kappa shape index (κ2) is 11.5. The highest BCUT2D eigenvalue weighted by molar-refractivity contribution is 5.46. The summed E-state index contributed by atoms with van der Waals surface area (Å²) in [6.07, 6.45) is 0.869. The average molecular weight is 429 g/mol. The van der Waals surface area contributed by atoms with Crippen LogP contribution in [0.3, 0.4) is 0 Å². The van der Waals surface area contributed by atoms with Gasteiger partial charge < -0.3 is 23.7 Å². The van der Waals surface area contributed by atoms with Crippen LogP contribution in [-0.4, -0.2) is 43.5 Å². The van der Waals surface area contributed by atoms with Crippen molar-refractivity contribution in [1.29, 1.82) is 0 Å². The van der Waals surface area contributed by atoms with Gasteiger partial charge in [-0.3, -0.25) is 4.90 Å². The normalized spacial score (nSPS) is 12.2. The van der Waals surface area contributed by atoms with E-state index in [0.29, 0.717) is 43.5 Å². The third-order valence-electron chi connectivity index (χ3n) is 4.80. The van der Waals surface area contributed by atoms with Crippen LogP contribution in [-0.2, 0) is 24.4 Å². The zero-order chi connectivity index (χ0) is 22.1. The molecule has 1 atom stereocenters. The lowest BCUT2D eigenvalue weighted by molar-refractivity contribution is 0.00242. The van der Waals surface area contributed by atoms with E-state index < -0.39 is 6.10 Å². The molecule has 0 bridgehead atoms. The summed E-state index contributed by atoms with van der Waals surface area (Å²) in [5.41, 5.74) is 1.86. The van der Waals surface area contributed by atoms with Gasteiger partial charge in [-0.25, -0.2) is 4.39 Å². The molecule has 0 aliphatic carbocycles. The van der Waals surface area contributed by atoms with Crippen LogP contribution < -0.4 is 9.47 Å². The minimum absolute atomic E-state index is 0.163. The third-order valence-corrected chi connectivity index (χ3v) is 4.80. The topological polar surface area (TPSA) is 64.3 Å². The molecule has 0 aliphatic heterocycles. The number of furan rings is 1. The van der Waals surface area contributed by atoms with Gasteiger partial charge >= 0.3 is 0 Å². The zero-order valence-electron chi connectivity index (χ0n) is 17.8. The molecule has 0 unspecified atom stereocenters. The standard InChI is InChI=1S/C24H28FNO5/c1-28-23-7-3-5-19(24(23)29-2)14-26(13-18-8-10-20(25)11-9-18)15-21(27)16-30-17-22-6-4-12-31-22/h3-12,21,27H,13-17H2,1-2H3/t21-/m1/s1. The number of aliphatic hydroxyl groups excluding tert-OH is 1. The summed E-state index contributed by atoms with van der Waals surface area (Å²) in [4.78, 5) is 2.06. The fourth-order valence-electron chi connectivity index (χ4n) is 3.39. The van der Waals surface area contributed by atoms with Gasteiger partial charge in [0, 0.05) is 25.2 Å². The molecule has 0 radical (unpaired) electrons. The van der Waals surface area contributed by atoms with Crippen LogP contribution in [0.25, 0.3) is 0 Å². The Labute approximate surface area is 181 Å². The van der Waals surface area contributed by atoms with Gasteiger partial charge in [0.2, 0.25) is 0 Å². The van der Waals surface area contributed by atoms with E-state index in [4.69, 9.17) is 18.6 Å². The summed E-state index contributed by atoms with van der Waals surface area (Å²) in [6, 6.07) is 15.7. The number of nitrogens with zero attached hydrogens (tertiary/aromatic N) is 1. The predicted octanol–water partition coefficient (Wildman–Crippen LogP) is 4.02. The Morgan fingerprint density at radius 3 is 2.48 bits per heavy atom. The van der Waals surface area contributed by atoms with E-state index in [9.17, 15) is 9.50 Å².